The van der Waals surface area contributed by atoms with Crippen molar-refractivity contribution in [1.82, 2.24) is 5.32 Å². The third-order valence-electron chi connectivity index (χ3n) is 3.40. The Hall–Kier alpha value is -1.26. The van der Waals surface area contributed by atoms with E-state index in [1.807, 2.05) is 19.1 Å². The SMILES string of the molecule is COc1cc(C)c(CNC(CO)C(C)C)cc1OC. The first kappa shape index (κ1) is 15.8. The van der Waals surface area contributed by atoms with E-state index >= 15 is 0 Å². The highest BCUT2D eigenvalue weighted by molar-refractivity contribution is 5.47. The Balaban J connectivity index is 2.83. The van der Waals surface area contributed by atoms with Gasteiger partial charge in [-0.1, -0.05) is 13.8 Å². The number of hydrogen-bond donors (Lipinski definition) is 2. The van der Waals surface area contributed by atoms with Gasteiger partial charge in [-0.15, -0.1) is 0 Å². The van der Waals surface area contributed by atoms with Gasteiger partial charge in [0.2, 0.25) is 0 Å². The fourth-order valence-electron chi connectivity index (χ4n) is 1.97. The van der Waals surface area contributed by atoms with E-state index in [4.69, 9.17) is 9.47 Å². The van der Waals surface area contributed by atoms with Gasteiger partial charge < -0.3 is 19.9 Å². The summed E-state index contributed by atoms with van der Waals surface area (Å²) in [5, 5.41) is 12.7. The Bertz CT molecular complexity index is 405. The molecule has 4 heteroatoms. The summed E-state index contributed by atoms with van der Waals surface area (Å²) in [6, 6.07) is 4.06. The molecule has 0 saturated heterocycles. The lowest BCUT2D eigenvalue weighted by Gasteiger charge is -2.21. The van der Waals surface area contributed by atoms with Crippen LogP contribution in [0.2, 0.25) is 0 Å². The van der Waals surface area contributed by atoms with Crippen molar-refractivity contribution in [3.05, 3.63) is 23.3 Å². The Morgan fingerprint density at radius 1 is 1.16 bits per heavy atom. The first-order valence-corrected chi connectivity index (χ1v) is 6.59. The largest absolute Gasteiger partial charge is 0.493 e. The van der Waals surface area contributed by atoms with Crippen LogP contribution in [-0.2, 0) is 6.54 Å². The summed E-state index contributed by atoms with van der Waals surface area (Å²) in [6.07, 6.45) is 0. The van der Waals surface area contributed by atoms with Gasteiger partial charge in [-0.25, -0.2) is 0 Å². The smallest absolute Gasteiger partial charge is 0.161 e. The molecule has 1 unspecified atom stereocenters. The molecule has 0 aliphatic heterocycles. The molecule has 1 rings (SSSR count). The average molecular weight is 267 g/mol. The van der Waals surface area contributed by atoms with Gasteiger partial charge in [0.1, 0.15) is 0 Å². The number of nitrogens with one attached hydrogen (secondary N) is 1. The monoisotopic (exact) mass is 267 g/mol. The Labute approximate surface area is 115 Å². The second-order valence-electron chi connectivity index (χ2n) is 5.05. The minimum atomic E-state index is 0.104. The molecular formula is C15H25NO3. The minimum absolute atomic E-state index is 0.104. The van der Waals surface area contributed by atoms with Crippen molar-refractivity contribution in [3.63, 3.8) is 0 Å². The van der Waals surface area contributed by atoms with E-state index < -0.39 is 0 Å². The fourth-order valence-corrected chi connectivity index (χ4v) is 1.97. The van der Waals surface area contributed by atoms with E-state index in [0.29, 0.717) is 12.5 Å². The summed E-state index contributed by atoms with van der Waals surface area (Å²) in [5.41, 5.74) is 2.29. The topological polar surface area (TPSA) is 50.7 Å². The molecule has 1 atom stereocenters. The van der Waals surface area contributed by atoms with Crippen LogP contribution in [0.4, 0.5) is 0 Å². The lowest BCUT2D eigenvalue weighted by Crippen LogP contribution is -2.36. The number of rotatable bonds is 7. The molecule has 0 bridgehead atoms. The maximum Gasteiger partial charge on any atom is 0.161 e. The summed E-state index contributed by atoms with van der Waals surface area (Å²) in [5.74, 6) is 1.87. The zero-order valence-corrected chi connectivity index (χ0v) is 12.5. The standard InChI is InChI=1S/C15H25NO3/c1-10(2)13(9-17)16-8-12-7-15(19-5)14(18-4)6-11(12)3/h6-7,10,13,16-17H,8-9H2,1-5H3. The quantitative estimate of drug-likeness (QED) is 0.794. The lowest BCUT2D eigenvalue weighted by atomic mass is 10.0. The molecular weight excluding hydrogens is 242 g/mol. The predicted molar refractivity (Wildman–Crippen MR) is 76.8 cm³/mol. The maximum absolute atomic E-state index is 9.32. The highest BCUT2D eigenvalue weighted by Gasteiger charge is 2.13. The van der Waals surface area contributed by atoms with E-state index in [-0.39, 0.29) is 12.6 Å². The number of aliphatic hydroxyl groups is 1. The van der Waals surface area contributed by atoms with Crippen LogP contribution in [0.5, 0.6) is 11.5 Å². The molecule has 0 amide bonds. The van der Waals surface area contributed by atoms with Crippen molar-refractivity contribution >= 4 is 0 Å². The highest BCUT2D eigenvalue weighted by atomic mass is 16.5. The molecule has 0 saturated carbocycles. The van der Waals surface area contributed by atoms with Crippen molar-refractivity contribution in [2.24, 2.45) is 5.92 Å². The number of ether oxygens (including phenoxy) is 2. The molecule has 0 spiro atoms. The molecule has 0 heterocycles. The van der Waals surface area contributed by atoms with Gasteiger partial charge in [0.25, 0.3) is 0 Å². The molecule has 0 aliphatic carbocycles. The molecule has 0 aliphatic rings. The van der Waals surface area contributed by atoms with Crippen LogP contribution in [0.1, 0.15) is 25.0 Å². The number of aryl methyl sites for hydroxylation is 1. The maximum atomic E-state index is 9.32. The van der Waals surface area contributed by atoms with Crippen LogP contribution >= 0.6 is 0 Å². The molecule has 108 valence electrons. The van der Waals surface area contributed by atoms with Gasteiger partial charge in [0.05, 0.1) is 20.8 Å². The van der Waals surface area contributed by atoms with Crippen molar-refractivity contribution in [2.45, 2.75) is 33.4 Å². The third kappa shape index (κ3) is 4.11. The normalized spacial score (nSPS) is 12.6. The lowest BCUT2D eigenvalue weighted by molar-refractivity contribution is 0.210. The van der Waals surface area contributed by atoms with Crippen LogP contribution in [-0.4, -0.2) is 32.0 Å². The number of benzene rings is 1. The second-order valence-corrected chi connectivity index (χ2v) is 5.05. The van der Waals surface area contributed by atoms with Crippen molar-refractivity contribution < 1.29 is 14.6 Å². The van der Waals surface area contributed by atoms with Crippen molar-refractivity contribution in [1.29, 1.82) is 0 Å². The van der Waals surface area contributed by atoms with E-state index in [0.717, 1.165) is 22.6 Å². The zero-order chi connectivity index (χ0) is 14.4. The summed E-state index contributed by atoms with van der Waals surface area (Å²) < 4.78 is 10.6. The molecule has 0 aromatic heterocycles. The van der Waals surface area contributed by atoms with Gasteiger partial charge in [-0.2, -0.15) is 0 Å². The van der Waals surface area contributed by atoms with E-state index in [1.165, 1.54) is 0 Å². The van der Waals surface area contributed by atoms with Gasteiger partial charge in [-0.3, -0.25) is 0 Å². The second kappa shape index (κ2) is 7.36. The predicted octanol–water partition coefficient (Wildman–Crippen LogP) is 2.12. The Morgan fingerprint density at radius 3 is 2.21 bits per heavy atom. The van der Waals surface area contributed by atoms with E-state index in [9.17, 15) is 5.11 Å². The van der Waals surface area contributed by atoms with Gasteiger partial charge in [0.15, 0.2) is 11.5 Å². The number of hydrogen-bond acceptors (Lipinski definition) is 4. The van der Waals surface area contributed by atoms with Crippen LogP contribution in [0.15, 0.2) is 12.1 Å². The molecule has 4 nitrogen and oxygen atoms in total. The summed E-state index contributed by atoms with van der Waals surface area (Å²) >= 11 is 0. The molecule has 0 fully saturated rings. The first-order chi connectivity index (χ1) is 9.03. The van der Waals surface area contributed by atoms with Crippen LogP contribution in [0.25, 0.3) is 0 Å². The molecule has 19 heavy (non-hydrogen) atoms. The summed E-state index contributed by atoms with van der Waals surface area (Å²) in [7, 11) is 3.27. The number of methoxy groups -OCH3 is 2. The zero-order valence-electron chi connectivity index (χ0n) is 12.5. The Kier molecular flexibility index (Phi) is 6.12. The molecule has 1 aromatic carbocycles. The van der Waals surface area contributed by atoms with Gasteiger partial charge in [-0.05, 0) is 36.1 Å². The van der Waals surface area contributed by atoms with Crippen LogP contribution in [0, 0.1) is 12.8 Å². The summed E-state index contributed by atoms with van der Waals surface area (Å²) in [6.45, 7) is 7.08. The Morgan fingerprint density at radius 2 is 1.74 bits per heavy atom. The molecule has 2 N–H and O–H groups in total. The van der Waals surface area contributed by atoms with Crippen molar-refractivity contribution in [2.75, 3.05) is 20.8 Å². The first-order valence-electron chi connectivity index (χ1n) is 6.59. The van der Waals surface area contributed by atoms with Crippen molar-refractivity contribution in [3.8, 4) is 11.5 Å². The fraction of sp³-hybridized carbons (Fsp3) is 0.600. The highest BCUT2D eigenvalue weighted by Crippen LogP contribution is 2.30. The van der Waals surface area contributed by atoms with Gasteiger partial charge in [0, 0.05) is 12.6 Å². The van der Waals surface area contributed by atoms with E-state index in [1.54, 1.807) is 14.2 Å². The minimum Gasteiger partial charge on any atom is -0.493 e. The van der Waals surface area contributed by atoms with Gasteiger partial charge >= 0.3 is 0 Å². The molecule has 1 aromatic rings. The van der Waals surface area contributed by atoms with E-state index in [2.05, 4.69) is 19.2 Å². The van der Waals surface area contributed by atoms with Crippen LogP contribution in [0.3, 0.4) is 0 Å². The third-order valence-corrected chi connectivity index (χ3v) is 3.40. The van der Waals surface area contributed by atoms with Crippen LogP contribution < -0.4 is 14.8 Å². The number of aliphatic hydroxyl groups excluding tert-OH is 1. The average Bonchev–Trinajstić information content (AvgIpc) is 2.40. The molecule has 0 radical (unpaired) electrons. The summed E-state index contributed by atoms with van der Waals surface area (Å²) in [4.78, 5) is 0.